The van der Waals surface area contributed by atoms with Gasteiger partial charge in [-0.2, -0.15) is 0 Å². The van der Waals surface area contributed by atoms with Crippen LogP contribution in [0.25, 0.3) is 0 Å². The van der Waals surface area contributed by atoms with Gasteiger partial charge in [0.05, 0.1) is 17.7 Å². The standard InChI is InChI=1S/C28H38N2O3S/c1-2-27(25-17-16-23-13-6-7-14-24(23)20-25)29-28(31)26-15-8-18-30(21-26)34(32,33)19-9-12-22-10-4-3-5-11-22/h3-5,10-11,16-17,20,26-27H,2,6-9,12-15,18-19,21H2,1H3,(H,29,31). The number of aryl methyl sites for hydroxylation is 3. The fraction of sp³-hybridized carbons (Fsp3) is 0.536. The van der Waals surface area contributed by atoms with Gasteiger partial charge in [-0.15, -0.1) is 0 Å². The van der Waals surface area contributed by atoms with E-state index >= 15 is 0 Å². The molecule has 34 heavy (non-hydrogen) atoms. The highest BCUT2D eigenvalue weighted by molar-refractivity contribution is 7.89. The summed E-state index contributed by atoms with van der Waals surface area (Å²) < 4.78 is 27.5. The van der Waals surface area contributed by atoms with E-state index < -0.39 is 10.0 Å². The SMILES string of the molecule is CCC(NC(=O)C1CCCN(S(=O)(=O)CCCc2ccccc2)C1)c1ccc2c(c1)CCCC2. The summed E-state index contributed by atoms with van der Waals surface area (Å²) in [5.41, 5.74) is 5.18. The normalized spacial score (nSPS) is 19.9. The van der Waals surface area contributed by atoms with Gasteiger partial charge >= 0.3 is 0 Å². The highest BCUT2D eigenvalue weighted by Gasteiger charge is 2.32. The molecule has 1 fully saturated rings. The molecule has 6 heteroatoms. The Balaban J connectivity index is 1.34. The molecule has 2 aromatic carbocycles. The molecule has 2 atom stereocenters. The number of rotatable bonds is 9. The van der Waals surface area contributed by atoms with Crippen LogP contribution in [-0.2, 0) is 34.1 Å². The first-order valence-electron chi connectivity index (χ1n) is 12.9. The highest BCUT2D eigenvalue weighted by atomic mass is 32.2. The van der Waals surface area contributed by atoms with Crippen molar-refractivity contribution in [1.29, 1.82) is 0 Å². The Kier molecular flexibility index (Phi) is 8.43. The number of amides is 1. The molecular weight excluding hydrogens is 444 g/mol. The molecule has 2 unspecified atom stereocenters. The van der Waals surface area contributed by atoms with Crippen molar-refractivity contribution in [2.75, 3.05) is 18.8 Å². The molecule has 1 amide bonds. The topological polar surface area (TPSA) is 66.5 Å². The van der Waals surface area contributed by atoms with E-state index in [1.807, 2.05) is 30.3 Å². The van der Waals surface area contributed by atoms with Gasteiger partial charge in [0.25, 0.3) is 0 Å². The van der Waals surface area contributed by atoms with E-state index in [4.69, 9.17) is 0 Å². The number of carbonyl (C=O) groups is 1. The molecule has 0 bridgehead atoms. The molecule has 1 aliphatic heterocycles. The monoisotopic (exact) mass is 482 g/mol. The summed E-state index contributed by atoms with van der Waals surface area (Å²) in [5.74, 6) is -0.179. The fourth-order valence-electron chi connectivity index (χ4n) is 5.32. The number of carbonyl (C=O) groups excluding carboxylic acids is 1. The summed E-state index contributed by atoms with van der Waals surface area (Å²) in [5, 5.41) is 3.24. The van der Waals surface area contributed by atoms with E-state index in [0.29, 0.717) is 19.5 Å². The second kappa shape index (κ2) is 11.5. The van der Waals surface area contributed by atoms with E-state index in [2.05, 4.69) is 30.4 Å². The zero-order valence-electron chi connectivity index (χ0n) is 20.3. The van der Waals surface area contributed by atoms with Crippen LogP contribution in [0.5, 0.6) is 0 Å². The lowest BCUT2D eigenvalue weighted by molar-refractivity contribution is -0.126. The Bertz CT molecular complexity index is 1070. The average molecular weight is 483 g/mol. The maximum atomic E-state index is 13.2. The minimum atomic E-state index is -3.36. The predicted octanol–water partition coefficient (Wildman–Crippen LogP) is 4.81. The lowest BCUT2D eigenvalue weighted by atomic mass is 9.88. The molecule has 5 nitrogen and oxygen atoms in total. The van der Waals surface area contributed by atoms with Gasteiger partial charge in [0.1, 0.15) is 0 Å². The summed E-state index contributed by atoms with van der Waals surface area (Å²) in [6.07, 6.45) is 8.38. The third-order valence-corrected chi connectivity index (χ3v) is 9.28. The first-order valence-corrected chi connectivity index (χ1v) is 14.5. The maximum absolute atomic E-state index is 13.2. The first kappa shape index (κ1) is 24.9. The minimum absolute atomic E-state index is 0.0197. The van der Waals surface area contributed by atoms with E-state index in [0.717, 1.165) is 49.7 Å². The third kappa shape index (κ3) is 6.28. The zero-order chi connectivity index (χ0) is 24.0. The van der Waals surface area contributed by atoms with Crippen LogP contribution in [0, 0.1) is 5.92 Å². The van der Waals surface area contributed by atoms with Crippen LogP contribution in [0.15, 0.2) is 48.5 Å². The number of benzene rings is 2. The number of nitrogens with zero attached hydrogens (tertiary/aromatic N) is 1. The van der Waals surface area contributed by atoms with E-state index in [9.17, 15) is 13.2 Å². The second-order valence-electron chi connectivity index (χ2n) is 9.81. The van der Waals surface area contributed by atoms with Crippen LogP contribution in [0.4, 0.5) is 0 Å². The second-order valence-corrected chi connectivity index (χ2v) is 11.9. The smallest absolute Gasteiger partial charge is 0.224 e. The molecule has 0 spiro atoms. The lowest BCUT2D eigenvalue weighted by Crippen LogP contribution is -2.46. The van der Waals surface area contributed by atoms with Gasteiger partial charge in [-0.25, -0.2) is 12.7 Å². The van der Waals surface area contributed by atoms with Crippen molar-refractivity contribution in [2.45, 2.75) is 70.8 Å². The van der Waals surface area contributed by atoms with Gasteiger partial charge in [0.15, 0.2) is 0 Å². The van der Waals surface area contributed by atoms with Gasteiger partial charge in [-0.1, -0.05) is 55.5 Å². The maximum Gasteiger partial charge on any atom is 0.224 e. The van der Waals surface area contributed by atoms with Crippen molar-refractivity contribution < 1.29 is 13.2 Å². The minimum Gasteiger partial charge on any atom is -0.349 e. The van der Waals surface area contributed by atoms with Crippen molar-refractivity contribution in [1.82, 2.24) is 9.62 Å². The van der Waals surface area contributed by atoms with Gasteiger partial charge in [0, 0.05) is 13.1 Å². The molecule has 4 rings (SSSR count). The first-order chi connectivity index (χ1) is 16.5. The van der Waals surface area contributed by atoms with Crippen molar-refractivity contribution in [3.8, 4) is 0 Å². The van der Waals surface area contributed by atoms with Crippen molar-refractivity contribution >= 4 is 15.9 Å². The number of piperidine rings is 1. The molecule has 1 aliphatic carbocycles. The molecule has 1 heterocycles. The molecule has 184 valence electrons. The molecular formula is C28H38N2O3S. The van der Waals surface area contributed by atoms with Gasteiger partial charge < -0.3 is 5.32 Å². The van der Waals surface area contributed by atoms with E-state index in [1.165, 1.54) is 24.0 Å². The van der Waals surface area contributed by atoms with Gasteiger partial charge in [0.2, 0.25) is 15.9 Å². The van der Waals surface area contributed by atoms with Gasteiger partial charge in [-0.3, -0.25) is 4.79 Å². The van der Waals surface area contributed by atoms with Crippen molar-refractivity contribution in [3.63, 3.8) is 0 Å². The van der Waals surface area contributed by atoms with Crippen LogP contribution in [0.3, 0.4) is 0 Å². The number of fused-ring (bicyclic) bond motifs is 1. The van der Waals surface area contributed by atoms with Crippen LogP contribution in [-0.4, -0.2) is 37.5 Å². The lowest BCUT2D eigenvalue weighted by Gasteiger charge is -2.32. The quantitative estimate of drug-likeness (QED) is 0.558. The summed E-state index contributed by atoms with van der Waals surface area (Å²) in [6.45, 7) is 2.90. The Morgan fingerprint density at radius 3 is 2.59 bits per heavy atom. The van der Waals surface area contributed by atoms with Crippen LogP contribution < -0.4 is 5.32 Å². The third-order valence-electron chi connectivity index (χ3n) is 7.36. The number of hydrogen-bond acceptors (Lipinski definition) is 3. The zero-order valence-corrected chi connectivity index (χ0v) is 21.2. The van der Waals surface area contributed by atoms with E-state index in [-0.39, 0.29) is 23.6 Å². The number of nitrogens with one attached hydrogen (secondary N) is 1. The van der Waals surface area contributed by atoms with Crippen LogP contribution in [0.1, 0.15) is 73.7 Å². The van der Waals surface area contributed by atoms with Crippen LogP contribution >= 0.6 is 0 Å². The molecule has 2 aromatic rings. The Labute approximate surface area is 205 Å². The summed E-state index contributed by atoms with van der Waals surface area (Å²) >= 11 is 0. The van der Waals surface area contributed by atoms with Crippen molar-refractivity contribution in [2.24, 2.45) is 5.92 Å². The largest absolute Gasteiger partial charge is 0.349 e. The highest BCUT2D eigenvalue weighted by Crippen LogP contribution is 2.27. The Morgan fingerprint density at radius 1 is 1.06 bits per heavy atom. The molecule has 1 N–H and O–H groups in total. The molecule has 0 radical (unpaired) electrons. The fourth-order valence-corrected chi connectivity index (χ4v) is 6.90. The average Bonchev–Trinajstić information content (AvgIpc) is 2.87. The molecule has 2 aliphatic rings. The number of hydrogen-bond donors (Lipinski definition) is 1. The van der Waals surface area contributed by atoms with E-state index in [1.54, 1.807) is 4.31 Å². The Morgan fingerprint density at radius 2 is 1.82 bits per heavy atom. The summed E-state index contributed by atoms with van der Waals surface area (Å²) in [4.78, 5) is 13.2. The predicted molar refractivity (Wildman–Crippen MR) is 137 cm³/mol. The van der Waals surface area contributed by atoms with Gasteiger partial charge in [-0.05, 0) is 80.0 Å². The summed E-state index contributed by atoms with van der Waals surface area (Å²) in [6, 6.07) is 16.6. The molecule has 1 saturated heterocycles. The number of sulfonamides is 1. The molecule has 0 aromatic heterocycles. The summed E-state index contributed by atoms with van der Waals surface area (Å²) in [7, 11) is -3.36. The van der Waals surface area contributed by atoms with Crippen LogP contribution in [0.2, 0.25) is 0 Å². The molecule has 0 saturated carbocycles. The van der Waals surface area contributed by atoms with Crippen molar-refractivity contribution in [3.05, 3.63) is 70.8 Å². The Hall–Kier alpha value is -2.18.